The van der Waals surface area contributed by atoms with Crippen LogP contribution in [0.1, 0.15) is 34.1 Å². The fourth-order valence-electron chi connectivity index (χ4n) is 3.06. The molecule has 3 aromatic rings. The minimum atomic E-state index is -0.354. The van der Waals surface area contributed by atoms with Crippen LogP contribution in [0.2, 0.25) is 0 Å². The van der Waals surface area contributed by atoms with Gasteiger partial charge in [-0.2, -0.15) is 4.98 Å². The van der Waals surface area contributed by atoms with Crippen molar-refractivity contribution in [3.05, 3.63) is 70.9 Å². The molecule has 3 rings (SSSR count). The molecule has 0 atom stereocenters. The summed E-state index contributed by atoms with van der Waals surface area (Å²) in [7, 11) is 1.38. The molecule has 0 aliphatic rings. The molecule has 0 spiro atoms. The van der Waals surface area contributed by atoms with E-state index in [0.29, 0.717) is 17.8 Å². The second-order valence-corrected chi connectivity index (χ2v) is 6.20. The lowest BCUT2D eigenvalue weighted by Crippen LogP contribution is -2.09. The summed E-state index contributed by atoms with van der Waals surface area (Å²) in [5.74, 6) is 0.256. The molecule has 28 heavy (non-hydrogen) atoms. The molecule has 0 saturated carbocycles. The van der Waals surface area contributed by atoms with Crippen LogP contribution in [0.4, 0.5) is 11.8 Å². The first-order chi connectivity index (χ1) is 13.0. The number of esters is 1. The molecule has 1 heterocycles. The van der Waals surface area contributed by atoms with Crippen molar-refractivity contribution in [2.45, 2.75) is 19.8 Å². The van der Waals surface area contributed by atoms with Crippen LogP contribution in [-0.4, -0.2) is 23.0 Å². The van der Waals surface area contributed by atoms with Crippen molar-refractivity contribution in [1.82, 2.24) is 9.97 Å². The van der Waals surface area contributed by atoms with E-state index in [2.05, 4.69) is 16.0 Å². The van der Waals surface area contributed by atoms with E-state index in [1.807, 2.05) is 43.3 Å². The first kappa shape index (κ1) is 21.2. The topological polar surface area (TPSA) is 104 Å². The van der Waals surface area contributed by atoms with E-state index in [9.17, 15) is 4.79 Å². The van der Waals surface area contributed by atoms with E-state index in [0.717, 1.165) is 34.4 Å². The van der Waals surface area contributed by atoms with E-state index in [1.54, 1.807) is 6.07 Å². The number of aromatic nitrogens is 2. The monoisotopic (exact) mass is 398 g/mol. The predicted octanol–water partition coefficient (Wildman–Crippen LogP) is 3.67. The Morgan fingerprint density at radius 2 is 1.71 bits per heavy atom. The van der Waals surface area contributed by atoms with Crippen LogP contribution >= 0.6 is 12.4 Å². The molecule has 4 N–H and O–H groups in total. The van der Waals surface area contributed by atoms with Crippen LogP contribution in [-0.2, 0) is 17.6 Å². The lowest BCUT2D eigenvalue weighted by Gasteiger charge is -2.12. The molecule has 146 valence electrons. The first-order valence-corrected chi connectivity index (χ1v) is 8.70. The molecule has 0 amide bonds. The van der Waals surface area contributed by atoms with Crippen molar-refractivity contribution in [3.63, 3.8) is 0 Å². The summed E-state index contributed by atoms with van der Waals surface area (Å²) in [5, 5.41) is 0. The highest BCUT2D eigenvalue weighted by Crippen LogP contribution is 2.25. The van der Waals surface area contributed by atoms with Gasteiger partial charge in [0, 0.05) is 12.0 Å². The number of carbonyl (C=O) groups excluding carboxylic acids is 1. The van der Waals surface area contributed by atoms with Crippen molar-refractivity contribution in [1.29, 1.82) is 0 Å². The summed E-state index contributed by atoms with van der Waals surface area (Å²) >= 11 is 0. The van der Waals surface area contributed by atoms with E-state index in [4.69, 9.17) is 16.2 Å². The summed E-state index contributed by atoms with van der Waals surface area (Å²) < 4.78 is 4.80. The molecule has 1 aromatic heterocycles. The Kier molecular flexibility index (Phi) is 6.95. The average Bonchev–Trinajstić information content (AvgIpc) is 2.69. The van der Waals surface area contributed by atoms with E-state index >= 15 is 0 Å². The Morgan fingerprint density at radius 3 is 2.39 bits per heavy atom. The van der Waals surface area contributed by atoms with Gasteiger partial charge in [-0.15, -0.1) is 12.4 Å². The van der Waals surface area contributed by atoms with Crippen LogP contribution in [0, 0.1) is 0 Å². The third kappa shape index (κ3) is 4.58. The number of hydrogen-bond donors (Lipinski definition) is 2. The summed E-state index contributed by atoms with van der Waals surface area (Å²) in [6, 6.07) is 15.5. The second-order valence-electron chi connectivity index (χ2n) is 6.20. The maximum absolute atomic E-state index is 11.8. The van der Waals surface area contributed by atoms with Gasteiger partial charge in [-0.1, -0.05) is 43.3 Å². The standard InChI is InChI=1S/C21H22N4O2.ClH/c1-3-18-17(19(22)25-21(23)24-18)11-13-6-4-7-14(10-13)15-8-5-9-16(12-15)20(26)27-2;/h4-10,12H,3,11H2,1-2H3,(H4,22,23,24,25);1H. The highest BCUT2D eigenvalue weighted by atomic mass is 35.5. The minimum Gasteiger partial charge on any atom is -0.465 e. The molecule has 0 aliphatic heterocycles. The quantitative estimate of drug-likeness (QED) is 0.635. The Bertz CT molecular complexity index is 992. The molecule has 0 bridgehead atoms. The third-order valence-corrected chi connectivity index (χ3v) is 4.40. The Morgan fingerprint density at radius 1 is 1.04 bits per heavy atom. The van der Waals surface area contributed by atoms with Crippen LogP contribution < -0.4 is 11.5 Å². The number of nitrogens with two attached hydrogens (primary N) is 2. The average molecular weight is 399 g/mol. The number of halogens is 1. The number of carbonyl (C=O) groups is 1. The van der Waals surface area contributed by atoms with Gasteiger partial charge >= 0.3 is 5.97 Å². The van der Waals surface area contributed by atoms with E-state index in [1.165, 1.54) is 7.11 Å². The predicted molar refractivity (Wildman–Crippen MR) is 114 cm³/mol. The number of rotatable bonds is 5. The van der Waals surface area contributed by atoms with Crippen LogP contribution in [0.25, 0.3) is 11.1 Å². The molecule has 0 saturated heterocycles. The molecule has 6 nitrogen and oxygen atoms in total. The number of methoxy groups -OCH3 is 1. The van der Waals surface area contributed by atoms with Crippen LogP contribution in [0.15, 0.2) is 48.5 Å². The molecule has 0 unspecified atom stereocenters. The largest absolute Gasteiger partial charge is 0.465 e. The normalized spacial score (nSPS) is 10.2. The van der Waals surface area contributed by atoms with Crippen molar-refractivity contribution >= 4 is 30.1 Å². The number of nitrogens with zero attached hydrogens (tertiary/aromatic N) is 2. The summed E-state index contributed by atoms with van der Waals surface area (Å²) in [5.41, 5.74) is 17.1. The fraction of sp³-hybridized carbons (Fsp3) is 0.190. The van der Waals surface area contributed by atoms with Crippen LogP contribution in [0.5, 0.6) is 0 Å². The maximum Gasteiger partial charge on any atom is 0.337 e. The van der Waals surface area contributed by atoms with Gasteiger partial charge in [0.25, 0.3) is 0 Å². The summed E-state index contributed by atoms with van der Waals surface area (Å²) in [6.45, 7) is 2.01. The maximum atomic E-state index is 11.8. The van der Waals surface area contributed by atoms with Gasteiger partial charge in [0.1, 0.15) is 5.82 Å². The molecular formula is C21H23ClN4O2. The number of aryl methyl sites for hydroxylation is 1. The zero-order valence-electron chi connectivity index (χ0n) is 15.8. The number of ether oxygens (including phenoxy) is 1. The lowest BCUT2D eigenvalue weighted by molar-refractivity contribution is 0.0601. The third-order valence-electron chi connectivity index (χ3n) is 4.40. The van der Waals surface area contributed by atoms with Gasteiger partial charge in [0.05, 0.1) is 18.4 Å². The molecular weight excluding hydrogens is 376 g/mol. The molecule has 7 heteroatoms. The van der Waals surface area contributed by atoms with Crippen molar-refractivity contribution in [3.8, 4) is 11.1 Å². The van der Waals surface area contributed by atoms with Crippen molar-refractivity contribution < 1.29 is 9.53 Å². The van der Waals surface area contributed by atoms with E-state index < -0.39 is 0 Å². The first-order valence-electron chi connectivity index (χ1n) is 8.70. The molecule has 0 radical (unpaired) electrons. The van der Waals surface area contributed by atoms with Crippen LogP contribution in [0.3, 0.4) is 0 Å². The highest BCUT2D eigenvalue weighted by molar-refractivity contribution is 5.91. The Labute approximate surface area is 170 Å². The van der Waals surface area contributed by atoms with Gasteiger partial charge in [-0.05, 0) is 35.2 Å². The number of anilines is 2. The number of benzene rings is 2. The lowest BCUT2D eigenvalue weighted by atomic mass is 9.97. The zero-order chi connectivity index (χ0) is 19.4. The smallest absolute Gasteiger partial charge is 0.337 e. The zero-order valence-corrected chi connectivity index (χ0v) is 16.6. The molecule has 2 aromatic carbocycles. The Balaban J connectivity index is 0.00000280. The van der Waals surface area contributed by atoms with E-state index in [-0.39, 0.29) is 24.3 Å². The van der Waals surface area contributed by atoms with Gasteiger partial charge in [0.15, 0.2) is 0 Å². The van der Waals surface area contributed by atoms with Crippen molar-refractivity contribution in [2.75, 3.05) is 18.6 Å². The number of nitrogen functional groups attached to an aromatic ring is 2. The van der Waals surface area contributed by atoms with Gasteiger partial charge < -0.3 is 16.2 Å². The number of hydrogen-bond acceptors (Lipinski definition) is 6. The fourth-order valence-corrected chi connectivity index (χ4v) is 3.06. The van der Waals surface area contributed by atoms with Gasteiger partial charge in [-0.3, -0.25) is 0 Å². The molecule has 0 aliphatic carbocycles. The molecule has 0 fully saturated rings. The second kappa shape index (κ2) is 9.19. The highest BCUT2D eigenvalue weighted by Gasteiger charge is 2.12. The SMILES string of the molecule is CCc1nc(N)nc(N)c1Cc1cccc(-c2cccc(C(=O)OC)c2)c1.Cl. The Hall–Kier alpha value is -3.12. The summed E-state index contributed by atoms with van der Waals surface area (Å²) in [4.78, 5) is 20.2. The minimum absolute atomic E-state index is 0. The van der Waals surface area contributed by atoms with Gasteiger partial charge in [0.2, 0.25) is 5.95 Å². The summed E-state index contributed by atoms with van der Waals surface area (Å²) in [6.07, 6.45) is 1.34. The van der Waals surface area contributed by atoms with Gasteiger partial charge in [-0.25, -0.2) is 9.78 Å². The van der Waals surface area contributed by atoms with Crippen molar-refractivity contribution in [2.24, 2.45) is 0 Å².